The standard InChI is InChI=1S/C12H17NO4/c1-16-8-6-12(15)13-10-2-4-11(5-3-10)17-9-7-14/h2-5,14H,6-9H2,1H3,(H,13,15). The van der Waals surface area contributed by atoms with Crippen LogP contribution in [-0.4, -0.2) is 37.9 Å². The third-order valence-electron chi connectivity index (χ3n) is 2.03. The van der Waals surface area contributed by atoms with Gasteiger partial charge in [-0.05, 0) is 24.3 Å². The molecule has 1 aromatic rings. The van der Waals surface area contributed by atoms with Gasteiger partial charge in [-0.15, -0.1) is 0 Å². The highest BCUT2D eigenvalue weighted by molar-refractivity contribution is 5.90. The molecule has 2 N–H and O–H groups in total. The van der Waals surface area contributed by atoms with E-state index in [4.69, 9.17) is 14.6 Å². The number of carbonyl (C=O) groups is 1. The van der Waals surface area contributed by atoms with Crippen LogP contribution < -0.4 is 10.1 Å². The van der Waals surface area contributed by atoms with E-state index in [0.717, 1.165) is 0 Å². The van der Waals surface area contributed by atoms with Crippen LogP contribution in [0.5, 0.6) is 5.75 Å². The molecule has 1 aromatic carbocycles. The minimum atomic E-state index is -0.0872. The van der Waals surface area contributed by atoms with Gasteiger partial charge in [0.15, 0.2) is 0 Å². The van der Waals surface area contributed by atoms with Crippen LogP contribution >= 0.6 is 0 Å². The second-order valence-corrected chi connectivity index (χ2v) is 3.39. The number of aliphatic hydroxyl groups is 1. The Hall–Kier alpha value is -1.59. The van der Waals surface area contributed by atoms with Crippen molar-refractivity contribution >= 4 is 11.6 Å². The molecular weight excluding hydrogens is 222 g/mol. The van der Waals surface area contributed by atoms with Crippen molar-refractivity contribution in [1.82, 2.24) is 0 Å². The first kappa shape index (κ1) is 13.5. The molecule has 0 saturated carbocycles. The Labute approximate surface area is 100 Å². The van der Waals surface area contributed by atoms with Crippen LogP contribution in [0.3, 0.4) is 0 Å². The molecule has 0 aliphatic heterocycles. The molecule has 0 bridgehead atoms. The fraction of sp³-hybridized carbons (Fsp3) is 0.417. The summed E-state index contributed by atoms with van der Waals surface area (Å²) < 4.78 is 10.0. The molecule has 1 rings (SSSR count). The summed E-state index contributed by atoms with van der Waals surface area (Å²) in [6.45, 7) is 0.651. The van der Waals surface area contributed by atoms with Gasteiger partial charge in [0.05, 0.1) is 19.6 Å². The monoisotopic (exact) mass is 239 g/mol. The van der Waals surface area contributed by atoms with E-state index in [-0.39, 0.29) is 19.1 Å². The molecule has 0 radical (unpaired) electrons. The first-order chi connectivity index (χ1) is 8.26. The molecule has 1 amide bonds. The summed E-state index contributed by atoms with van der Waals surface area (Å²) >= 11 is 0. The first-order valence-electron chi connectivity index (χ1n) is 5.38. The van der Waals surface area contributed by atoms with E-state index in [2.05, 4.69) is 5.32 Å². The van der Waals surface area contributed by atoms with Gasteiger partial charge >= 0.3 is 0 Å². The minimum Gasteiger partial charge on any atom is -0.491 e. The molecule has 0 aliphatic rings. The van der Waals surface area contributed by atoms with Crippen molar-refractivity contribution in [3.05, 3.63) is 24.3 Å². The molecule has 17 heavy (non-hydrogen) atoms. The first-order valence-corrected chi connectivity index (χ1v) is 5.38. The largest absolute Gasteiger partial charge is 0.491 e. The van der Waals surface area contributed by atoms with Gasteiger partial charge in [0.1, 0.15) is 12.4 Å². The highest BCUT2D eigenvalue weighted by Crippen LogP contribution is 2.15. The van der Waals surface area contributed by atoms with E-state index in [0.29, 0.717) is 24.5 Å². The summed E-state index contributed by atoms with van der Waals surface area (Å²) in [5.41, 5.74) is 0.711. The van der Waals surface area contributed by atoms with Gasteiger partial charge in [-0.3, -0.25) is 4.79 Å². The maximum absolute atomic E-state index is 11.4. The lowest BCUT2D eigenvalue weighted by Gasteiger charge is -2.07. The molecule has 5 heteroatoms. The van der Waals surface area contributed by atoms with Gasteiger partial charge in [0.25, 0.3) is 0 Å². The molecule has 0 spiro atoms. The van der Waals surface area contributed by atoms with Crippen LogP contribution in [0.2, 0.25) is 0 Å². The highest BCUT2D eigenvalue weighted by atomic mass is 16.5. The summed E-state index contributed by atoms with van der Waals surface area (Å²) in [5, 5.41) is 11.3. The fourth-order valence-electron chi connectivity index (χ4n) is 1.22. The Morgan fingerprint density at radius 2 is 2.00 bits per heavy atom. The predicted molar refractivity (Wildman–Crippen MR) is 64.1 cm³/mol. The van der Waals surface area contributed by atoms with Crippen LogP contribution in [0.15, 0.2) is 24.3 Å². The van der Waals surface area contributed by atoms with E-state index in [9.17, 15) is 4.79 Å². The van der Waals surface area contributed by atoms with Gasteiger partial charge in [-0.2, -0.15) is 0 Å². The smallest absolute Gasteiger partial charge is 0.226 e. The lowest BCUT2D eigenvalue weighted by atomic mass is 10.3. The van der Waals surface area contributed by atoms with E-state index in [1.54, 1.807) is 31.4 Å². The average molecular weight is 239 g/mol. The van der Waals surface area contributed by atoms with Gasteiger partial charge in [-0.1, -0.05) is 0 Å². The number of aliphatic hydroxyl groups excluding tert-OH is 1. The predicted octanol–water partition coefficient (Wildman–Crippen LogP) is 1.03. The van der Waals surface area contributed by atoms with Crippen LogP contribution in [0.4, 0.5) is 5.69 Å². The van der Waals surface area contributed by atoms with E-state index >= 15 is 0 Å². The molecule has 0 heterocycles. The maximum atomic E-state index is 11.4. The third kappa shape index (κ3) is 5.33. The van der Waals surface area contributed by atoms with E-state index in [1.807, 2.05) is 0 Å². The second-order valence-electron chi connectivity index (χ2n) is 3.39. The molecular formula is C12H17NO4. The number of carbonyl (C=O) groups excluding carboxylic acids is 1. The minimum absolute atomic E-state index is 0.0183. The summed E-state index contributed by atoms with van der Waals surface area (Å²) in [5.74, 6) is 0.574. The summed E-state index contributed by atoms with van der Waals surface area (Å²) in [6.07, 6.45) is 0.333. The molecule has 0 aromatic heterocycles. The number of hydrogen-bond acceptors (Lipinski definition) is 4. The quantitative estimate of drug-likeness (QED) is 0.745. The van der Waals surface area contributed by atoms with Crippen molar-refractivity contribution in [2.45, 2.75) is 6.42 Å². The van der Waals surface area contributed by atoms with E-state index < -0.39 is 0 Å². The number of nitrogens with one attached hydrogen (secondary N) is 1. The molecule has 5 nitrogen and oxygen atoms in total. The topological polar surface area (TPSA) is 67.8 Å². The highest BCUT2D eigenvalue weighted by Gasteiger charge is 2.01. The van der Waals surface area contributed by atoms with Gasteiger partial charge in [0, 0.05) is 12.8 Å². The van der Waals surface area contributed by atoms with Crippen molar-refractivity contribution in [1.29, 1.82) is 0 Å². The molecule has 0 unspecified atom stereocenters. The van der Waals surface area contributed by atoms with Crippen LogP contribution in [0.25, 0.3) is 0 Å². The third-order valence-corrected chi connectivity index (χ3v) is 2.03. The Morgan fingerprint density at radius 1 is 1.29 bits per heavy atom. The van der Waals surface area contributed by atoms with Gasteiger partial charge in [0.2, 0.25) is 5.91 Å². The fourth-order valence-corrected chi connectivity index (χ4v) is 1.22. The molecule has 94 valence electrons. The zero-order chi connectivity index (χ0) is 12.5. The summed E-state index contributed by atoms with van der Waals surface area (Å²) in [7, 11) is 1.56. The number of hydrogen-bond donors (Lipinski definition) is 2. The number of benzene rings is 1. The molecule has 0 aliphatic carbocycles. The van der Waals surface area contributed by atoms with Crippen LogP contribution in [0, 0.1) is 0 Å². The molecule has 0 fully saturated rings. The Balaban J connectivity index is 2.42. The number of methoxy groups -OCH3 is 1. The lowest BCUT2D eigenvalue weighted by Crippen LogP contribution is -2.13. The lowest BCUT2D eigenvalue weighted by molar-refractivity contribution is -0.117. The zero-order valence-electron chi connectivity index (χ0n) is 9.81. The number of anilines is 1. The van der Waals surface area contributed by atoms with Gasteiger partial charge < -0.3 is 19.9 Å². The van der Waals surface area contributed by atoms with Crippen LogP contribution in [0.1, 0.15) is 6.42 Å². The SMILES string of the molecule is COCCC(=O)Nc1ccc(OCCO)cc1. The molecule has 0 saturated heterocycles. The second kappa shape index (κ2) is 7.65. The summed E-state index contributed by atoms with van der Waals surface area (Å²) in [6, 6.07) is 6.97. The number of rotatable bonds is 7. The maximum Gasteiger partial charge on any atom is 0.226 e. The molecule has 0 atom stereocenters. The van der Waals surface area contributed by atoms with Crippen LogP contribution in [-0.2, 0) is 9.53 Å². The Bertz CT molecular complexity index is 337. The van der Waals surface area contributed by atoms with Crippen molar-refractivity contribution in [3.63, 3.8) is 0 Å². The Kier molecular flexibility index (Phi) is 6.06. The van der Waals surface area contributed by atoms with E-state index in [1.165, 1.54) is 0 Å². The Morgan fingerprint density at radius 3 is 2.59 bits per heavy atom. The summed E-state index contributed by atoms with van der Waals surface area (Å²) in [4.78, 5) is 11.4. The number of amides is 1. The zero-order valence-corrected chi connectivity index (χ0v) is 9.81. The average Bonchev–Trinajstić information content (AvgIpc) is 2.35. The van der Waals surface area contributed by atoms with Gasteiger partial charge in [-0.25, -0.2) is 0 Å². The van der Waals surface area contributed by atoms with Crippen molar-refractivity contribution in [2.75, 3.05) is 32.2 Å². The normalized spacial score (nSPS) is 10.0. The van der Waals surface area contributed by atoms with Crippen molar-refractivity contribution in [2.24, 2.45) is 0 Å². The number of ether oxygens (including phenoxy) is 2. The van der Waals surface area contributed by atoms with Crippen molar-refractivity contribution < 1.29 is 19.4 Å². The van der Waals surface area contributed by atoms with Crippen molar-refractivity contribution in [3.8, 4) is 5.75 Å².